The van der Waals surface area contributed by atoms with Gasteiger partial charge in [0.2, 0.25) is 0 Å². The summed E-state index contributed by atoms with van der Waals surface area (Å²) in [5.74, 6) is 2.84. The van der Waals surface area contributed by atoms with E-state index in [1.54, 1.807) is 0 Å². The van der Waals surface area contributed by atoms with E-state index in [0.717, 1.165) is 11.3 Å². The Morgan fingerprint density at radius 3 is 2.00 bits per heavy atom. The number of rotatable bonds is 3. The zero-order valence-corrected chi connectivity index (χ0v) is 9.88. The number of para-hydroxylation sites is 1. The van der Waals surface area contributed by atoms with Gasteiger partial charge in [-0.25, -0.2) is 0 Å². The topological polar surface area (TPSA) is 3.24 Å². The van der Waals surface area contributed by atoms with E-state index in [-0.39, 0.29) is 6.04 Å². The van der Waals surface area contributed by atoms with Crippen molar-refractivity contribution in [2.75, 3.05) is 11.9 Å². The lowest BCUT2D eigenvalue weighted by atomic mass is 10.1. The number of hydrogen-bond donors (Lipinski definition) is 0. The molecule has 2 rings (SSSR count). The van der Waals surface area contributed by atoms with Crippen molar-refractivity contribution in [3.63, 3.8) is 0 Å². The largest absolute Gasteiger partial charge is 0.357 e. The predicted octanol–water partition coefficient (Wildman–Crippen LogP) is 3.50. The van der Waals surface area contributed by atoms with Gasteiger partial charge in [0, 0.05) is 12.7 Å². The van der Waals surface area contributed by atoms with Gasteiger partial charge in [-0.15, -0.1) is 6.42 Å². The average molecular weight is 221 g/mol. The van der Waals surface area contributed by atoms with Crippen molar-refractivity contribution >= 4 is 5.69 Å². The fourth-order valence-electron chi connectivity index (χ4n) is 1.88. The molecule has 17 heavy (non-hydrogen) atoms. The van der Waals surface area contributed by atoms with E-state index in [0.29, 0.717) is 0 Å². The Balaban J connectivity index is 2.30. The molecule has 0 heterocycles. The molecule has 2 aromatic rings. The SMILES string of the molecule is C#C[C@@H](c1ccccc1)N(C)c1ccccc1. The van der Waals surface area contributed by atoms with Gasteiger partial charge in [-0.05, 0) is 17.7 Å². The fraction of sp³-hybridized carbons (Fsp3) is 0.125. The summed E-state index contributed by atoms with van der Waals surface area (Å²) >= 11 is 0. The van der Waals surface area contributed by atoms with Gasteiger partial charge in [0.15, 0.2) is 0 Å². The molecule has 0 bridgehead atoms. The summed E-state index contributed by atoms with van der Waals surface area (Å²) in [5.41, 5.74) is 2.26. The number of anilines is 1. The zero-order chi connectivity index (χ0) is 12.1. The van der Waals surface area contributed by atoms with Crippen molar-refractivity contribution in [2.45, 2.75) is 6.04 Å². The molecule has 0 amide bonds. The molecule has 0 aliphatic heterocycles. The first kappa shape index (κ1) is 11.3. The molecule has 0 spiro atoms. The third-order valence-electron chi connectivity index (χ3n) is 2.82. The van der Waals surface area contributed by atoms with Crippen LogP contribution in [0.25, 0.3) is 0 Å². The highest BCUT2D eigenvalue weighted by Gasteiger charge is 2.13. The highest BCUT2D eigenvalue weighted by atomic mass is 15.1. The highest BCUT2D eigenvalue weighted by Crippen LogP contribution is 2.24. The highest BCUT2D eigenvalue weighted by molar-refractivity contribution is 5.50. The van der Waals surface area contributed by atoms with Crippen molar-refractivity contribution in [1.82, 2.24) is 0 Å². The monoisotopic (exact) mass is 221 g/mol. The zero-order valence-electron chi connectivity index (χ0n) is 9.88. The van der Waals surface area contributed by atoms with E-state index in [1.807, 2.05) is 43.4 Å². The lowest BCUT2D eigenvalue weighted by Gasteiger charge is -2.26. The third-order valence-corrected chi connectivity index (χ3v) is 2.82. The van der Waals surface area contributed by atoms with Gasteiger partial charge in [-0.2, -0.15) is 0 Å². The molecule has 0 fully saturated rings. The second-order valence-electron chi connectivity index (χ2n) is 3.93. The Hall–Kier alpha value is -2.20. The molecule has 0 saturated carbocycles. The maximum Gasteiger partial charge on any atom is 0.115 e. The Bertz CT molecular complexity index is 496. The molecule has 1 nitrogen and oxygen atoms in total. The Labute approximate surface area is 103 Å². The molecule has 1 atom stereocenters. The summed E-state index contributed by atoms with van der Waals surface area (Å²) in [6, 6.07) is 20.3. The molecular weight excluding hydrogens is 206 g/mol. The predicted molar refractivity (Wildman–Crippen MR) is 72.9 cm³/mol. The van der Waals surface area contributed by atoms with Crippen LogP contribution in [0.3, 0.4) is 0 Å². The summed E-state index contributed by atoms with van der Waals surface area (Å²) in [5, 5.41) is 0. The van der Waals surface area contributed by atoms with E-state index in [9.17, 15) is 0 Å². The van der Waals surface area contributed by atoms with E-state index in [2.05, 4.69) is 35.1 Å². The van der Waals surface area contributed by atoms with Gasteiger partial charge >= 0.3 is 0 Å². The molecule has 0 unspecified atom stereocenters. The molecule has 2 aromatic carbocycles. The van der Waals surface area contributed by atoms with E-state index in [4.69, 9.17) is 6.42 Å². The van der Waals surface area contributed by atoms with Crippen LogP contribution in [0.4, 0.5) is 5.69 Å². The van der Waals surface area contributed by atoms with Crippen LogP contribution in [-0.2, 0) is 0 Å². The number of terminal acetylenes is 1. The Morgan fingerprint density at radius 2 is 1.47 bits per heavy atom. The van der Waals surface area contributed by atoms with Crippen LogP contribution in [0.2, 0.25) is 0 Å². The van der Waals surface area contributed by atoms with Crippen LogP contribution < -0.4 is 4.90 Å². The van der Waals surface area contributed by atoms with Crippen LogP contribution in [0.1, 0.15) is 11.6 Å². The van der Waals surface area contributed by atoms with Crippen molar-refractivity contribution in [1.29, 1.82) is 0 Å². The molecule has 0 aromatic heterocycles. The van der Waals surface area contributed by atoms with Crippen molar-refractivity contribution in [2.24, 2.45) is 0 Å². The van der Waals surface area contributed by atoms with E-state index in [1.165, 1.54) is 0 Å². The Kier molecular flexibility index (Phi) is 3.47. The third kappa shape index (κ3) is 2.49. The Morgan fingerprint density at radius 1 is 0.941 bits per heavy atom. The van der Waals surface area contributed by atoms with E-state index < -0.39 is 0 Å². The molecule has 0 radical (unpaired) electrons. The summed E-state index contributed by atoms with van der Waals surface area (Å²) in [7, 11) is 2.02. The van der Waals surface area contributed by atoms with Gasteiger partial charge in [-0.1, -0.05) is 54.5 Å². The molecule has 1 heteroatoms. The average Bonchev–Trinajstić information content (AvgIpc) is 2.42. The van der Waals surface area contributed by atoms with Gasteiger partial charge in [0.25, 0.3) is 0 Å². The van der Waals surface area contributed by atoms with Crippen molar-refractivity contribution in [3.05, 3.63) is 66.2 Å². The summed E-state index contributed by atoms with van der Waals surface area (Å²) < 4.78 is 0. The first-order chi connectivity index (χ1) is 8.33. The van der Waals surface area contributed by atoms with E-state index >= 15 is 0 Å². The second kappa shape index (κ2) is 5.23. The minimum absolute atomic E-state index is 0.0291. The normalized spacial score (nSPS) is 11.5. The lowest BCUT2D eigenvalue weighted by molar-refractivity contribution is 0.835. The van der Waals surface area contributed by atoms with Crippen LogP contribution in [0.15, 0.2) is 60.7 Å². The number of hydrogen-bond acceptors (Lipinski definition) is 1. The first-order valence-electron chi connectivity index (χ1n) is 5.62. The van der Waals surface area contributed by atoms with Crippen LogP contribution >= 0.6 is 0 Å². The smallest absolute Gasteiger partial charge is 0.115 e. The molecule has 0 N–H and O–H groups in total. The minimum Gasteiger partial charge on any atom is -0.357 e. The quantitative estimate of drug-likeness (QED) is 0.717. The van der Waals surface area contributed by atoms with Gasteiger partial charge in [0.05, 0.1) is 0 Å². The first-order valence-corrected chi connectivity index (χ1v) is 5.62. The molecule has 84 valence electrons. The fourth-order valence-corrected chi connectivity index (χ4v) is 1.88. The molecule has 0 aliphatic carbocycles. The van der Waals surface area contributed by atoms with Crippen molar-refractivity contribution in [3.8, 4) is 12.3 Å². The van der Waals surface area contributed by atoms with Crippen molar-refractivity contribution < 1.29 is 0 Å². The summed E-state index contributed by atoms with van der Waals surface area (Å²) in [6.45, 7) is 0. The van der Waals surface area contributed by atoms with Gasteiger partial charge in [0.1, 0.15) is 6.04 Å². The maximum absolute atomic E-state index is 5.65. The standard InChI is InChI=1S/C16H15N/c1-3-16(14-10-6-4-7-11-14)17(2)15-12-8-5-9-13-15/h1,4-13,16H,2H3/t16-/m0/s1. The molecule has 0 saturated heterocycles. The lowest BCUT2D eigenvalue weighted by Crippen LogP contribution is -2.22. The summed E-state index contributed by atoms with van der Waals surface area (Å²) in [6.07, 6.45) is 5.65. The van der Waals surface area contributed by atoms with Crippen LogP contribution in [-0.4, -0.2) is 7.05 Å². The number of benzene rings is 2. The van der Waals surface area contributed by atoms with Gasteiger partial charge in [-0.3, -0.25) is 0 Å². The van der Waals surface area contributed by atoms with Crippen LogP contribution in [0.5, 0.6) is 0 Å². The second-order valence-corrected chi connectivity index (χ2v) is 3.93. The van der Waals surface area contributed by atoms with Crippen LogP contribution in [0, 0.1) is 12.3 Å². The molecule has 0 aliphatic rings. The number of nitrogens with zero attached hydrogens (tertiary/aromatic N) is 1. The van der Waals surface area contributed by atoms with Gasteiger partial charge < -0.3 is 4.90 Å². The molecular formula is C16H15N. The maximum atomic E-state index is 5.65. The minimum atomic E-state index is -0.0291. The summed E-state index contributed by atoms with van der Waals surface area (Å²) in [4.78, 5) is 2.11.